The van der Waals surface area contributed by atoms with E-state index in [-0.39, 0.29) is 25.7 Å². The molecule has 0 radical (unpaired) electrons. The van der Waals surface area contributed by atoms with Crippen molar-refractivity contribution >= 4 is 5.91 Å². The Balaban J connectivity index is 2.00. The molecule has 2 saturated carbocycles. The van der Waals surface area contributed by atoms with Gasteiger partial charge in [-0.05, 0) is 25.7 Å². The van der Waals surface area contributed by atoms with Crippen LogP contribution in [0.3, 0.4) is 0 Å². The molecule has 1 heterocycles. The Morgan fingerprint density at radius 1 is 0.733 bits per heavy atom. The number of amides is 1. The van der Waals surface area contributed by atoms with Crippen molar-refractivity contribution in [1.82, 2.24) is 4.90 Å². The Kier molecular flexibility index (Phi) is 5.82. The molecule has 3 nitrogen and oxygen atoms in total. The summed E-state index contributed by atoms with van der Waals surface area (Å²) in [5.41, 5.74) is 0. The molecule has 0 unspecified atom stereocenters. The van der Waals surface area contributed by atoms with Gasteiger partial charge in [-0.1, -0.05) is 38.5 Å². The van der Waals surface area contributed by atoms with E-state index in [2.05, 4.69) is 4.74 Å². The zero-order valence-electron chi connectivity index (χ0n) is 15.9. The van der Waals surface area contributed by atoms with Crippen LogP contribution in [-0.2, 0) is 9.53 Å². The molecule has 2 aliphatic carbocycles. The zero-order valence-corrected chi connectivity index (χ0v) is 15.9. The minimum Gasteiger partial charge on any atom is -0.331 e. The Labute approximate surface area is 166 Å². The molecule has 1 amide bonds. The fraction of sp³-hybridized carbons (Fsp3) is 0.944. The van der Waals surface area contributed by atoms with Crippen LogP contribution in [0.1, 0.15) is 64.2 Å². The summed E-state index contributed by atoms with van der Waals surface area (Å²) in [7, 11) is 0. The zero-order chi connectivity index (χ0) is 22.6. The topological polar surface area (TPSA) is 29.5 Å². The number of rotatable bonds is 4. The number of nitrogens with zero attached hydrogens (tertiary/aromatic N) is 1. The van der Waals surface area contributed by atoms with Gasteiger partial charge < -0.3 is 4.90 Å². The monoisotopic (exact) mass is 455 g/mol. The summed E-state index contributed by atoms with van der Waals surface area (Å²) in [4.78, 5) is 13.3. The Morgan fingerprint density at radius 3 is 1.47 bits per heavy atom. The maximum atomic E-state index is 14.8. The molecule has 3 fully saturated rings. The summed E-state index contributed by atoms with van der Waals surface area (Å²) in [5.74, 6) is -27.9. The molecule has 0 spiro atoms. The molecule has 0 N–H and O–H groups in total. The third-order valence-corrected chi connectivity index (χ3v) is 6.28. The van der Waals surface area contributed by atoms with Gasteiger partial charge in [-0.2, -0.15) is 39.5 Å². The molecule has 3 aliphatic rings. The number of carbonyl (C=O) groups excluding carboxylic acids is 1. The number of carbonyl (C=O) groups is 1. The van der Waals surface area contributed by atoms with Crippen LogP contribution in [0.2, 0.25) is 0 Å². The van der Waals surface area contributed by atoms with Crippen LogP contribution < -0.4 is 0 Å². The van der Waals surface area contributed by atoms with Crippen molar-refractivity contribution in [3.8, 4) is 0 Å². The molecule has 30 heavy (non-hydrogen) atoms. The highest BCUT2D eigenvalue weighted by Crippen LogP contribution is 2.64. The molecule has 12 heteroatoms. The fourth-order valence-electron chi connectivity index (χ4n) is 4.60. The lowest BCUT2D eigenvalue weighted by atomic mass is 9.87. The fourth-order valence-corrected chi connectivity index (χ4v) is 4.60. The average molecular weight is 455 g/mol. The largest absolute Gasteiger partial charge is 0.428 e. The SMILES string of the molecule is O=C(N(C1CCCCC1)C1CCCCC1)C(F)(F)[C@]1(F)OC(F)(F)C(F)(F)C1(F)F. The molecule has 1 saturated heterocycles. The molecule has 0 bridgehead atoms. The molecule has 0 aromatic carbocycles. The predicted octanol–water partition coefficient (Wildman–Crippen LogP) is 5.68. The van der Waals surface area contributed by atoms with Crippen LogP contribution in [0.25, 0.3) is 0 Å². The first kappa shape index (κ1) is 23.5. The smallest absolute Gasteiger partial charge is 0.331 e. The summed E-state index contributed by atoms with van der Waals surface area (Å²) in [5, 5.41) is 0. The van der Waals surface area contributed by atoms with Crippen molar-refractivity contribution in [2.24, 2.45) is 0 Å². The summed E-state index contributed by atoms with van der Waals surface area (Å²) in [6, 6.07) is -1.69. The van der Waals surface area contributed by atoms with Gasteiger partial charge in [0, 0.05) is 12.1 Å². The first-order chi connectivity index (χ1) is 13.7. The lowest BCUT2D eigenvalue weighted by Crippen LogP contribution is -2.67. The molecule has 1 atom stereocenters. The van der Waals surface area contributed by atoms with Crippen LogP contribution >= 0.6 is 0 Å². The van der Waals surface area contributed by atoms with Crippen LogP contribution in [0, 0.1) is 0 Å². The Morgan fingerprint density at radius 2 is 1.13 bits per heavy atom. The predicted molar refractivity (Wildman–Crippen MR) is 85.3 cm³/mol. The van der Waals surface area contributed by atoms with E-state index in [0.717, 1.165) is 12.8 Å². The molecular weight excluding hydrogens is 433 g/mol. The van der Waals surface area contributed by atoms with Gasteiger partial charge in [0.25, 0.3) is 5.91 Å². The summed E-state index contributed by atoms with van der Waals surface area (Å²) < 4.78 is 128. The van der Waals surface area contributed by atoms with Crippen LogP contribution in [0.4, 0.5) is 39.5 Å². The van der Waals surface area contributed by atoms with E-state index in [9.17, 15) is 44.3 Å². The highest BCUT2D eigenvalue weighted by molar-refractivity contribution is 5.86. The van der Waals surface area contributed by atoms with Gasteiger partial charge in [0.2, 0.25) is 0 Å². The number of hydrogen-bond acceptors (Lipinski definition) is 2. The number of halogens is 9. The van der Waals surface area contributed by atoms with E-state index >= 15 is 0 Å². The van der Waals surface area contributed by atoms with Crippen LogP contribution in [0.5, 0.6) is 0 Å². The van der Waals surface area contributed by atoms with Crippen molar-refractivity contribution in [3.63, 3.8) is 0 Å². The molecular formula is C18H22F9NO2. The van der Waals surface area contributed by atoms with E-state index in [1.165, 1.54) is 0 Å². The Bertz CT molecular complexity index is 642. The third kappa shape index (κ3) is 3.19. The second kappa shape index (κ2) is 7.44. The minimum absolute atomic E-state index is 0.237. The van der Waals surface area contributed by atoms with Crippen molar-refractivity contribution in [2.45, 2.75) is 106 Å². The summed E-state index contributed by atoms with van der Waals surface area (Å²) in [6.07, 6.45) is -1.64. The quantitative estimate of drug-likeness (QED) is 0.511. The molecule has 0 aromatic heterocycles. The van der Waals surface area contributed by atoms with Crippen LogP contribution in [-0.4, -0.2) is 52.6 Å². The Hall–Kier alpha value is -1.20. The van der Waals surface area contributed by atoms with Gasteiger partial charge in [-0.25, -0.2) is 0 Å². The first-order valence-electron chi connectivity index (χ1n) is 9.94. The number of alkyl halides is 9. The second-order valence-electron chi connectivity index (χ2n) is 8.23. The normalized spacial score (nSPS) is 32.2. The summed E-state index contributed by atoms with van der Waals surface area (Å²) >= 11 is 0. The molecule has 3 rings (SSSR count). The third-order valence-electron chi connectivity index (χ3n) is 6.28. The first-order valence-corrected chi connectivity index (χ1v) is 9.94. The van der Waals surface area contributed by atoms with E-state index in [0.29, 0.717) is 30.6 Å². The second-order valence-corrected chi connectivity index (χ2v) is 8.23. The van der Waals surface area contributed by atoms with Gasteiger partial charge >= 0.3 is 29.7 Å². The van der Waals surface area contributed by atoms with Gasteiger partial charge in [-0.15, -0.1) is 0 Å². The van der Waals surface area contributed by atoms with Crippen molar-refractivity contribution < 1.29 is 49.0 Å². The van der Waals surface area contributed by atoms with Crippen molar-refractivity contribution in [3.05, 3.63) is 0 Å². The van der Waals surface area contributed by atoms with E-state index in [1.807, 2.05) is 0 Å². The van der Waals surface area contributed by atoms with Gasteiger partial charge in [0.15, 0.2) is 0 Å². The van der Waals surface area contributed by atoms with Gasteiger partial charge in [-0.3, -0.25) is 9.53 Å². The van der Waals surface area contributed by atoms with Gasteiger partial charge in [0.1, 0.15) is 0 Å². The van der Waals surface area contributed by atoms with Crippen molar-refractivity contribution in [1.29, 1.82) is 0 Å². The standard InChI is InChI=1S/C18H22F9NO2/c19-14(20,17(25)15(21,22)16(23,24)18(26,27)30-17)13(29)28(11-7-3-1-4-8-11)12-9-5-2-6-10-12/h11-12H,1-10H2/t17-/m0/s1. The minimum atomic E-state index is -6.65. The lowest BCUT2D eigenvalue weighted by Gasteiger charge is -2.44. The summed E-state index contributed by atoms with van der Waals surface area (Å²) in [6.45, 7) is 0. The lowest BCUT2D eigenvalue weighted by molar-refractivity contribution is -0.368. The highest BCUT2D eigenvalue weighted by atomic mass is 19.4. The van der Waals surface area contributed by atoms with Crippen molar-refractivity contribution in [2.75, 3.05) is 0 Å². The maximum Gasteiger partial charge on any atom is 0.428 e. The molecule has 174 valence electrons. The molecule has 1 aliphatic heterocycles. The maximum absolute atomic E-state index is 14.8. The molecule has 0 aromatic rings. The average Bonchev–Trinajstić information content (AvgIpc) is 2.78. The number of ether oxygens (including phenoxy) is 1. The van der Waals surface area contributed by atoms with E-state index in [1.54, 1.807) is 0 Å². The highest BCUT2D eigenvalue weighted by Gasteiger charge is 2.96. The van der Waals surface area contributed by atoms with Crippen LogP contribution in [0.15, 0.2) is 0 Å². The van der Waals surface area contributed by atoms with E-state index < -0.39 is 47.7 Å². The van der Waals surface area contributed by atoms with E-state index in [4.69, 9.17) is 0 Å². The number of hydrogen-bond donors (Lipinski definition) is 0. The van der Waals surface area contributed by atoms with Gasteiger partial charge in [0.05, 0.1) is 0 Å².